The Balaban J connectivity index is 2.23. The van der Waals surface area contributed by atoms with Gasteiger partial charge in [0.2, 0.25) is 0 Å². The van der Waals surface area contributed by atoms with Gasteiger partial charge in [-0.15, -0.1) is 0 Å². The van der Waals surface area contributed by atoms with Crippen LogP contribution in [0.3, 0.4) is 0 Å². The zero-order chi connectivity index (χ0) is 16.2. The second-order valence-corrected chi connectivity index (χ2v) is 6.75. The molecular formula is C18H23ClN2O. The van der Waals surface area contributed by atoms with Crippen LogP contribution in [0.4, 0.5) is 5.69 Å². The predicted octanol–water partition coefficient (Wildman–Crippen LogP) is 4.03. The third-order valence-electron chi connectivity index (χ3n) is 3.67. The van der Waals surface area contributed by atoms with E-state index < -0.39 is 0 Å². The van der Waals surface area contributed by atoms with E-state index in [1.54, 1.807) is 6.20 Å². The number of pyridine rings is 1. The molecule has 0 radical (unpaired) electrons. The summed E-state index contributed by atoms with van der Waals surface area (Å²) in [5, 5.41) is 9.85. The van der Waals surface area contributed by atoms with Crippen LogP contribution in [0, 0.1) is 0 Å². The van der Waals surface area contributed by atoms with Crippen molar-refractivity contribution >= 4 is 17.3 Å². The summed E-state index contributed by atoms with van der Waals surface area (Å²) in [6.45, 7) is 7.87. The topological polar surface area (TPSA) is 36.4 Å². The van der Waals surface area contributed by atoms with Crippen molar-refractivity contribution in [2.75, 3.05) is 18.1 Å². The highest BCUT2D eigenvalue weighted by molar-refractivity contribution is 6.30. The van der Waals surface area contributed by atoms with Crippen LogP contribution in [0.2, 0.25) is 5.15 Å². The van der Waals surface area contributed by atoms with Crippen LogP contribution in [0.25, 0.3) is 0 Å². The zero-order valence-electron chi connectivity index (χ0n) is 13.4. The molecule has 0 aliphatic rings. The molecule has 0 amide bonds. The summed E-state index contributed by atoms with van der Waals surface area (Å²) in [4.78, 5) is 6.22. The highest BCUT2D eigenvalue weighted by atomic mass is 35.5. The summed E-state index contributed by atoms with van der Waals surface area (Å²) >= 11 is 6.14. The van der Waals surface area contributed by atoms with Crippen LogP contribution in [0.15, 0.2) is 42.6 Å². The molecule has 1 heterocycles. The molecule has 118 valence electrons. The molecule has 1 aromatic carbocycles. The first-order chi connectivity index (χ1) is 10.4. The van der Waals surface area contributed by atoms with Crippen molar-refractivity contribution in [3.8, 4) is 0 Å². The quantitative estimate of drug-likeness (QED) is 0.845. The Bertz CT molecular complexity index is 605. The van der Waals surface area contributed by atoms with Crippen LogP contribution < -0.4 is 4.90 Å². The molecule has 0 aliphatic heterocycles. The fraction of sp³-hybridized carbons (Fsp3) is 0.389. The maximum absolute atomic E-state index is 9.34. The minimum Gasteiger partial charge on any atom is -0.395 e. The number of nitrogens with zero attached hydrogens (tertiary/aromatic N) is 2. The average Bonchev–Trinajstić information content (AvgIpc) is 2.48. The van der Waals surface area contributed by atoms with E-state index in [1.807, 2.05) is 12.1 Å². The molecule has 2 aromatic rings. The van der Waals surface area contributed by atoms with Crippen molar-refractivity contribution in [1.82, 2.24) is 4.98 Å². The smallest absolute Gasteiger partial charge is 0.133 e. The van der Waals surface area contributed by atoms with Gasteiger partial charge in [0, 0.05) is 30.5 Å². The van der Waals surface area contributed by atoms with Crippen molar-refractivity contribution < 1.29 is 5.11 Å². The Hall–Kier alpha value is -1.58. The molecule has 0 saturated carbocycles. The van der Waals surface area contributed by atoms with E-state index in [0.29, 0.717) is 18.2 Å². The van der Waals surface area contributed by atoms with Crippen LogP contribution in [0.5, 0.6) is 0 Å². The Morgan fingerprint density at radius 3 is 2.36 bits per heavy atom. The lowest BCUT2D eigenvalue weighted by Crippen LogP contribution is -2.26. The lowest BCUT2D eigenvalue weighted by Gasteiger charge is -2.26. The van der Waals surface area contributed by atoms with Gasteiger partial charge in [-0.05, 0) is 29.2 Å². The summed E-state index contributed by atoms with van der Waals surface area (Å²) in [6.07, 6.45) is 1.68. The number of rotatable bonds is 5. The molecule has 0 aliphatic carbocycles. The Morgan fingerprint density at radius 2 is 1.82 bits per heavy atom. The first kappa shape index (κ1) is 16.8. The van der Waals surface area contributed by atoms with E-state index in [-0.39, 0.29) is 12.0 Å². The number of benzene rings is 1. The average molecular weight is 319 g/mol. The number of halogens is 1. The Morgan fingerprint density at radius 1 is 1.14 bits per heavy atom. The summed E-state index contributed by atoms with van der Waals surface area (Å²) in [7, 11) is 0. The number of hydrogen-bond acceptors (Lipinski definition) is 3. The lowest BCUT2D eigenvalue weighted by atomic mass is 9.87. The third-order valence-corrected chi connectivity index (χ3v) is 4.01. The molecule has 3 nitrogen and oxygen atoms in total. The zero-order valence-corrected chi connectivity index (χ0v) is 14.1. The van der Waals surface area contributed by atoms with Gasteiger partial charge in [0.25, 0.3) is 0 Å². The van der Waals surface area contributed by atoms with Crippen molar-refractivity contribution in [1.29, 1.82) is 0 Å². The van der Waals surface area contributed by atoms with Gasteiger partial charge in [0.1, 0.15) is 5.15 Å². The first-order valence-corrected chi connectivity index (χ1v) is 7.85. The van der Waals surface area contributed by atoms with Crippen LogP contribution in [-0.2, 0) is 12.0 Å². The maximum atomic E-state index is 9.34. The fourth-order valence-electron chi connectivity index (χ4n) is 2.34. The number of hydrogen-bond donors (Lipinski definition) is 1. The van der Waals surface area contributed by atoms with Crippen molar-refractivity contribution in [3.63, 3.8) is 0 Å². The number of aliphatic hydroxyl groups is 1. The summed E-state index contributed by atoms with van der Waals surface area (Å²) < 4.78 is 0. The van der Waals surface area contributed by atoms with E-state index in [0.717, 1.165) is 11.3 Å². The van der Waals surface area contributed by atoms with Gasteiger partial charge in [-0.1, -0.05) is 50.6 Å². The van der Waals surface area contributed by atoms with Gasteiger partial charge >= 0.3 is 0 Å². The van der Waals surface area contributed by atoms with Gasteiger partial charge in [-0.2, -0.15) is 0 Å². The minimum absolute atomic E-state index is 0.0961. The van der Waals surface area contributed by atoms with E-state index in [1.165, 1.54) is 5.56 Å². The molecule has 0 unspecified atom stereocenters. The van der Waals surface area contributed by atoms with Crippen molar-refractivity contribution in [2.24, 2.45) is 0 Å². The normalized spacial score (nSPS) is 11.5. The van der Waals surface area contributed by atoms with E-state index >= 15 is 0 Å². The third kappa shape index (κ3) is 4.21. The molecule has 0 bridgehead atoms. The molecule has 0 spiro atoms. The summed E-state index contributed by atoms with van der Waals surface area (Å²) in [5.41, 5.74) is 3.45. The second kappa shape index (κ2) is 7.12. The summed E-state index contributed by atoms with van der Waals surface area (Å²) in [6, 6.07) is 12.3. The molecule has 0 saturated heterocycles. The van der Waals surface area contributed by atoms with E-state index in [9.17, 15) is 5.11 Å². The molecule has 4 heteroatoms. The fourth-order valence-corrected chi connectivity index (χ4v) is 2.51. The van der Waals surface area contributed by atoms with E-state index in [2.05, 4.69) is 54.9 Å². The molecular weight excluding hydrogens is 296 g/mol. The molecule has 22 heavy (non-hydrogen) atoms. The van der Waals surface area contributed by atoms with E-state index in [4.69, 9.17) is 11.6 Å². The molecule has 1 aromatic heterocycles. The van der Waals surface area contributed by atoms with Gasteiger partial charge in [-0.3, -0.25) is 0 Å². The Kier molecular flexibility index (Phi) is 5.43. The van der Waals surface area contributed by atoms with Crippen molar-refractivity contribution in [3.05, 3.63) is 58.9 Å². The monoisotopic (exact) mass is 318 g/mol. The number of aliphatic hydroxyl groups excluding tert-OH is 1. The Labute approximate surface area is 137 Å². The SMILES string of the molecule is CC(C)(C)c1ccc(N(CCO)Cc2cccnc2Cl)cc1. The van der Waals surface area contributed by atoms with Crippen molar-refractivity contribution in [2.45, 2.75) is 32.7 Å². The first-order valence-electron chi connectivity index (χ1n) is 7.47. The predicted molar refractivity (Wildman–Crippen MR) is 92.5 cm³/mol. The standard InChI is InChI=1S/C18H23ClN2O/c1-18(2,3)15-6-8-16(9-7-15)21(11-12-22)13-14-5-4-10-20-17(14)19/h4-10,22H,11-13H2,1-3H3. The number of aromatic nitrogens is 1. The molecule has 1 N–H and O–H groups in total. The van der Waals surface area contributed by atoms with Gasteiger partial charge in [0.05, 0.1) is 6.61 Å². The van der Waals surface area contributed by atoms with Crippen LogP contribution >= 0.6 is 11.6 Å². The molecule has 2 rings (SSSR count). The molecule has 0 atom stereocenters. The lowest BCUT2D eigenvalue weighted by molar-refractivity contribution is 0.301. The van der Waals surface area contributed by atoms with Gasteiger partial charge in [0.15, 0.2) is 0 Å². The van der Waals surface area contributed by atoms with Gasteiger partial charge in [-0.25, -0.2) is 4.98 Å². The minimum atomic E-state index is 0.0961. The highest BCUT2D eigenvalue weighted by Crippen LogP contribution is 2.26. The maximum Gasteiger partial charge on any atom is 0.133 e. The van der Waals surface area contributed by atoms with Gasteiger partial charge < -0.3 is 10.0 Å². The van der Waals surface area contributed by atoms with Crippen LogP contribution in [-0.4, -0.2) is 23.2 Å². The van der Waals surface area contributed by atoms with Crippen LogP contribution in [0.1, 0.15) is 31.9 Å². The highest BCUT2D eigenvalue weighted by Gasteiger charge is 2.15. The summed E-state index contributed by atoms with van der Waals surface area (Å²) in [5.74, 6) is 0. The number of anilines is 1. The second-order valence-electron chi connectivity index (χ2n) is 6.40. The largest absolute Gasteiger partial charge is 0.395 e. The molecule has 0 fully saturated rings.